The zero-order valence-electron chi connectivity index (χ0n) is 9.41. The molecule has 1 saturated carbocycles. The fourth-order valence-corrected chi connectivity index (χ4v) is 2.06. The van der Waals surface area contributed by atoms with E-state index in [1.165, 1.54) is 0 Å². The fraction of sp³-hybridized carbons (Fsp3) is 0.636. The van der Waals surface area contributed by atoms with Crippen LogP contribution in [0.4, 0.5) is 5.95 Å². The Labute approximate surface area is 101 Å². The number of nitrogens with two attached hydrogens (primary N) is 1. The van der Waals surface area contributed by atoms with Crippen LogP contribution in [0.2, 0.25) is 5.02 Å². The lowest BCUT2D eigenvalue weighted by Gasteiger charge is -2.26. The molecule has 0 saturated heterocycles. The lowest BCUT2D eigenvalue weighted by atomic mass is 9.92. The van der Waals surface area contributed by atoms with Gasteiger partial charge in [0, 0.05) is 12.1 Å². The second-order valence-corrected chi connectivity index (χ2v) is 4.79. The largest absolute Gasteiger partial charge is 0.351 e. The van der Waals surface area contributed by atoms with E-state index in [0.717, 1.165) is 31.4 Å². The van der Waals surface area contributed by atoms with Crippen LogP contribution in [0.5, 0.6) is 0 Å². The molecule has 0 radical (unpaired) electrons. The molecule has 5 heteroatoms. The Morgan fingerprint density at radius 2 is 2.06 bits per heavy atom. The van der Waals surface area contributed by atoms with Gasteiger partial charge in [0.2, 0.25) is 5.95 Å². The molecule has 0 spiro atoms. The van der Waals surface area contributed by atoms with Gasteiger partial charge in [0.1, 0.15) is 0 Å². The van der Waals surface area contributed by atoms with E-state index in [0.29, 0.717) is 23.1 Å². The highest BCUT2D eigenvalue weighted by Gasteiger charge is 2.18. The van der Waals surface area contributed by atoms with E-state index < -0.39 is 0 Å². The minimum atomic E-state index is 0.367. The van der Waals surface area contributed by atoms with Crippen molar-refractivity contribution in [2.24, 2.45) is 5.73 Å². The molecular weight excluding hydrogens is 224 g/mol. The summed E-state index contributed by atoms with van der Waals surface area (Å²) in [6.45, 7) is 1.88. The van der Waals surface area contributed by atoms with Gasteiger partial charge in [-0.3, -0.25) is 0 Å². The van der Waals surface area contributed by atoms with Gasteiger partial charge >= 0.3 is 0 Å². The van der Waals surface area contributed by atoms with Gasteiger partial charge in [-0.15, -0.1) is 0 Å². The summed E-state index contributed by atoms with van der Waals surface area (Å²) >= 11 is 5.87. The summed E-state index contributed by atoms with van der Waals surface area (Å²) in [5.74, 6) is 0.669. The first-order valence-electron chi connectivity index (χ1n) is 5.66. The van der Waals surface area contributed by atoms with E-state index in [9.17, 15) is 0 Å². The Morgan fingerprint density at radius 1 is 1.38 bits per heavy atom. The number of aromatic nitrogens is 2. The van der Waals surface area contributed by atoms with Gasteiger partial charge in [-0.05, 0) is 32.6 Å². The van der Waals surface area contributed by atoms with Gasteiger partial charge in [-0.25, -0.2) is 9.97 Å². The Morgan fingerprint density at radius 3 is 2.69 bits per heavy atom. The van der Waals surface area contributed by atoms with E-state index in [1.54, 1.807) is 6.20 Å². The van der Waals surface area contributed by atoms with Crippen molar-refractivity contribution in [3.05, 3.63) is 16.9 Å². The second kappa shape index (κ2) is 4.97. The number of halogens is 1. The van der Waals surface area contributed by atoms with E-state index in [1.807, 2.05) is 6.92 Å². The maximum atomic E-state index is 5.87. The van der Waals surface area contributed by atoms with Crippen molar-refractivity contribution in [1.82, 2.24) is 9.97 Å². The molecule has 1 aromatic rings. The maximum absolute atomic E-state index is 5.87. The van der Waals surface area contributed by atoms with Crippen molar-refractivity contribution < 1.29 is 0 Å². The SMILES string of the molecule is Cc1nc(NC2CCC(N)CC2)ncc1Cl. The van der Waals surface area contributed by atoms with Crippen LogP contribution >= 0.6 is 11.6 Å². The quantitative estimate of drug-likeness (QED) is 0.831. The molecule has 3 N–H and O–H groups in total. The Kier molecular flexibility index (Phi) is 3.61. The van der Waals surface area contributed by atoms with Gasteiger partial charge in [-0.1, -0.05) is 11.6 Å². The number of aryl methyl sites for hydroxylation is 1. The molecule has 2 rings (SSSR count). The van der Waals surface area contributed by atoms with Gasteiger partial charge in [0.05, 0.1) is 16.9 Å². The number of hydrogen-bond donors (Lipinski definition) is 2. The van der Waals surface area contributed by atoms with Crippen LogP contribution in [0.25, 0.3) is 0 Å². The zero-order valence-corrected chi connectivity index (χ0v) is 10.2. The standard InChI is InChI=1S/C11H17ClN4/c1-7-10(12)6-14-11(15-7)16-9-4-2-8(13)3-5-9/h6,8-9H,2-5,13H2,1H3,(H,14,15,16). The van der Waals surface area contributed by atoms with Crippen molar-refractivity contribution in [3.63, 3.8) is 0 Å². The third kappa shape index (κ3) is 2.83. The summed E-state index contributed by atoms with van der Waals surface area (Å²) in [5, 5.41) is 3.94. The van der Waals surface area contributed by atoms with Crippen molar-refractivity contribution in [3.8, 4) is 0 Å². The van der Waals surface area contributed by atoms with Crippen molar-refractivity contribution in [2.75, 3.05) is 5.32 Å². The topological polar surface area (TPSA) is 63.8 Å². The molecule has 0 aromatic carbocycles. The van der Waals surface area contributed by atoms with E-state index in [2.05, 4.69) is 15.3 Å². The lowest BCUT2D eigenvalue weighted by molar-refractivity contribution is 0.410. The summed E-state index contributed by atoms with van der Waals surface area (Å²) in [4.78, 5) is 8.47. The third-order valence-electron chi connectivity index (χ3n) is 3.02. The minimum Gasteiger partial charge on any atom is -0.351 e. The number of anilines is 1. The van der Waals surface area contributed by atoms with Gasteiger partial charge in [0.15, 0.2) is 0 Å². The summed E-state index contributed by atoms with van der Waals surface area (Å²) < 4.78 is 0. The summed E-state index contributed by atoms with van der Waals surface area (Å²) in [7, 11) is 0. The molecule has 16 heavy (non-hydrogen) atoms. The molecule has 0 bridgehead atoms. The summed E-state index contributed by atoms with van der Waals surface area (Å²) in [5.41, 5.74) is 6.67. The molecule has 0 amide bonds. The Balaban J connectivity index is 1.96. The van der Waals surface area contributed by atoms with E-state index in [-0.39, 0.29) is 0 Å². The molecule has 1 heterocycles. The normalized spacial score (nSPS) is 25.4. The van der Waals surface area contributed by atoms with Crippen LogP contribution in [-0.2, 0) is 0 Å². The van der Waals surface area contributed by atoms with Crippen molar-refractivity contribution in [2.45, 2.75) is 44.7 Å². The number of nitrogens with one attached hydrogen (secondary N) is 1. The minimum absolute atomic E-state index is 0.367. The van der Waals surface area contributed by atoms with E-state index >= 15 is 0 Å². The Bertz CT molecular complexity index is 361. The van der Waals surface area contributed by atoms with Crippen LogP contribution in [0, 0.1) is 6.92 Å². The molecule has 0 unspecified atom stereocenters. The molecular formula is C11H17ClN4. The monoisotopic (exact) mass is 240 g/mol. The molecule has 4 nitrogen and oxygen atoms in total. The molecule has 1 aliphatic rings. The molecule has 88 valence electrons. The highest BCUT2D eigenvalue weighted by atomic mass is 35.5. The van der Waals surface area contributed by atoms with Crippen LogP contribution in [0.3, 0.4) is 0 Å². The average molecular weight is 241 g/mol. The zero-order chi connectivity index (χ0) is 11.5. The molecule has 1 fully saturated rings. The second-order valence-electron chi connectivity index (χ2n) is 4.38. The highest BCUT2D eigenvalue weighted by Crippen LogP contribution is 2.20. The van der Waals surface area contributed by atoms with Gasteiger partial charge < -0.3 is 11.1 Å². The molecule has 0 aliphatic heterocycles. The molecule has 1 aromatic heterocycles. The number of hydrogen-bond acceptors (Lipinski definition) is 4. The van der Waals surface area contributed by atoms with Crippen molar-refractivity contribution >= 4 is 17.5 Å². The first kappa shape index (κ1) is 11.6. The fourth-order valence-electron chi connectivity index (χ4n) is 1.97. The first-order chi connectivity index (χ1) is 7.65. The lowest BCUT2D eigenvalue weighted by Crippen LogP contribution is -2.33. The van der Waals surface area contributed by atoms with Crippen molar-refractivity contribution in [1.29, 1.82) is 0 Å². The van der Waals surface area contributed by atoms with Crippen LogP contribution in [0.1, 0.15) is 31.4 Å². The first-order valence-corrected chi connectivity index (χ1v) is 6.04. The number of nitrogens with zero attached hydrogens (tertiary/aromatic N) is 2. The molecule has 0 atom stereocenters. The predicted octanol–water partition coefficient (Wildman–Crippen LogP) is 2.12. The Hall–Kier alpha value is -0.870. The molecule has 1 aliphatic carbocycles. The van der Waals surface area contributed by atoms with Gasteiger partial charge in [-0.2, -0.15) is 0 Å². The van der Waals surface area contributed by atoms with Crippen LogP contribution in [0.15, 0.2) is 6.20 Å². The summed E-state index contributed by atoms with van der Waals surface area (Å²) in [6, 6.07) is 0.811. The smallest absolute Gasteiger partial charge is 0.223 e. The van der Waals surface area contributed by atoms with Crippen LogP contribution in [-0.4, -0.2) is 22.1 Å². The van der Waals surface area contributed by atoms with E-state index in [4.69, 9.17) is 17.3 Å². The van der Waals surface area contributed by atoms with Crippen LogP contribution < -0.4 is 11.1 Å². The summed E-state index contributed by atoms with van der Waals surface area (Å²) in [6.07, 6.45) is 5.97. The predicted molar refractivity (Wildman–Crippen MR) is 65.6 cm³/mol. The highest BCUT2D eigenvalue weighted by molar-refractivity contribution is 6.31. The maximum Gasteiger partial charge on any atom is 0.223 e. The average Bonchev–Trinajstić information content (AvgIpc) is 2.27. The van der Waals surface area contributed by atoms with Gasteiger partial charge in [0.25, 0.3) is 0 Å². The number of rotatable bonds is 2. The third-order valence-corrected chi connectivity index (χ3v) is 3.40.